The van der Waals surface area contributed by atoms with Crippen molar-refractivity contribution < 1.29 is 19.1 Å². The van der Waals surface area contributed by atoms with E-state index in [0.29, 0.717) is 17.9 Å². The summed E-state index contributed by atoms with van der Waals surface area (Å²) in [6, 6.07) is 7.06. The normalized spacial score (nSPS) is 11.6. The fourth-order valence-electron chi connectivity index (χ4n) is 1.61. The highest BCUT2D eigenvalue weighted by atomic mass is 16.5. The van der Waals surface area contributed by atoms with Gasteiger partial charge in [-0.3, -0.25) is 9.59 Å². The molecule has 110 valence electrons. The standard InChI is InChI=1S/C15H21NO4/c1-4-5-10-14(17)20-11(2)15(18)16-12-8-6-7-9-13(12)19-3/h6-9,11H,4-5,10H2,1-3H3,(H,16,18)/t11-/m1/s1. The number of para-hydroxylation sites is 2. The second-order valence-corrected chi connectivity index (χ2v) is 4.43. The third-order valence-corrected chi connectivity index (χ3v) is 2.78. The summed E-state index contributed by atoms with van der Waals surface area (Å²) in [5, 5.41) is 2.68. The Morgan fingerprint density at radius 1 is 1.30 bits per heavy atom. The molecular formula is C15H21NO4. The summed E-state index contributed by atoms with van der Waals surface area (Å²) in [5.74, 6) is -0.167. The molecule has 1 N–H and O–H groups in total. The minimum Gasteiger partial charge on any atom is -0.495 e. The van der Waals surface area contributed by atoms with Gasteiger partial charge in [0.2, 0.25) is 0 Å². The molecule has 1 aromatic carbocycles. The van der Waals surface area contributed by atoms with Crippen molar-refractivity contribution in [3.05, 3.63) is 24.3 Å². The molecule has 0 bridgehead atoms. The third-order valence-electron chi connectivity index (χ3n) is 2.78. The first-order chi connectivity index (χ1) is 9.58. The SMILES string of the molecule is CCCCC(=O)O[C@H](C)C(=O)Nc1ccccc1OC. The molecule has 20 heavy (non-hydrogen) atoms. The minimum absolute atomic E-state index is 0.336. The van der Waals surface area contributed by atoms with Gasteiger partial charge in [0.15, 0.2) is 6.10 Å². The molecule has 1 aromatic rings. The lowest BCUT2D eigenvalue weighted by Crippen LogP contribution is -2.30. The fraction of sp³-hybridized carbons (Fsp3) is 0.467. The first-order valence-corrected chi connectivity index (χ1v) is 6.71. The zero-order chi connectivity index (χ0) is 15.0. The maximum absolute atomic E-state index is 11.9. The lowest BCUT2D eigenvalue weighted by Gasteiger charge is -2.15. The van der Waals surface area contributed by atoms with Crippen LogP contribution < -0.4 is 10.1 Å². The van der Waals surface area contributed by atoms with Crippen LogP contribution >= 0.6 is 0 Å². The molecule has 5 nitrogen and oxygen atoms in total. The first-order valence-electron chi connectivity index (χ1n) is 6.71. The van der Waals surface area contributed by atoms with E-state index in [-0.39, 0.29) is 11.9 Å². The van der Waals surface area contributed by atoms with Crippen molar-refractivity contribution in [1.82, 2.24) is 0 Å². The van der Waals surface area contributed by atoms with Crippen molar-refractivity contribution in [2.24, 2.45) is 0 Å². The lowest BCUT2D eigenvalue weighted by molar-refractivity contribution is -0.153. The summed E-state index contributed by atoms with van der Waals surface area (Å²) in [4.78, 5) is 23.4. The van der Waals surface area contributed by atoms with Crippen LogP contribution in [0.2, 0.25) is 0 Å². The molecule has 0 fully saturated rings. The zero-order valence-electron chi connectivity index (χ0n) is 12.1. The molecule has 0 radical (unpaired) electrons. The molecule has 0 aliphatic rings. The van der Waals surface area contributed by atoms with Gasteiger partial charge in [-0.1, -0.05) is 25.5 Å². The van der Waals surface area contributed by atoms with Crippen LogP contribution in [0.25, 0.3) is 0 Å². The van der Waals surface area contributed by atoms with Gasteiger partial charge in [-0.2, -0.15) is 0 Å². The largest absolute Gasteiger partial charge is 0.495 e. The maximum atomic E-state index is 11.9. The number of hydrogen-bond donors (Lipinski definition) is 1. The molecule has 0 aliphatic heterocycles. The number of carbonyl (C=O) groups is 2. The number of benzene rings is 1. The summed E-state index contributed by atoms with van der Waals surface area (Å²) in [5.41, 5.74) is 0.552. The number of carbonyl (C=O) groups excluding carboxylic acids is 2. The highest BCUT2D eigenvalue weighted by Crippen LogP contribution is 2.23. The molecule has 0 spiro atoms. The van der Waals surface area contributed by atoms with Gasteiger partial charge >= 0.3 is 5.97 Å². The van der Waals surface area contributed by atoms with Crippen molar-refractivity contribution in [3.8, 4) is 5.75 Å². The van der Waals surface area contributed by atoms with Gasteiger partial charge < -0.3 is 14.8 Å². The lowest BCUT2D eigenvalue weighted by atomic mass is 10.2. The van der Waals surface area contributed by atoms with Gasteiger partial charge in [0.05, 0.1) is 12.8 Å². The first kappa shape index (κ1) is 16.0. The van der Waals surface area contributed by atoms with Crippen LogP contribution in [0.15, 0.2) is 24.3 Å². The highest BCUT2D eigenvalue weighted by Gasteiger charge is 2.18. The van der Waals surface area contributed by atoms with Crippen molar-refractivity contribution in [1.29, 1.82) is 0 Å². The number of esters is 1. The van der Waals surface area contributed by atoms with E-state index in [9.17, 15) is 9.59 Å². The average molecular weight is 279 g/mol. The second kappa shape index (κ2) is 8.19. The van der Waals surface area contributed by atoms with E-state index < -0.39 is 6.10 Å². The van der Waals surface area contributed by atoms with Gasteiger partial charge in [-0.15, -0.1) is 0 Å². The third kappa shape index (κ3) is 4.91. The number of unbranched alkanes of at least 4 members (excludes halogenated alkanes) is 1. The average Bonchev–Trinajstić information content (AvgIpc) is 2.45. The summed E-state index contributed by atoms with van der Waals surface area (Å²) in [6.45, 7) is 3.54. The van der Waals surface area contributed by atoms with E-state index in [1.807, 2.05) is 13.0 Å². The van der Waals surface area contributed by atoms with E-state index in [2.05, 4.69) is 5.32 Å². The number of amides is 1. The Morgan fingerprint density at radius 2 is 2.00 bits per heavy atom. The summed E-state index contributed by atoms with van der Waals surface area (Å²) in [7, 11) is 1.53. The van der Waals surface area contributed by atoms with E-state index in [4.69, 9.17) is 9.47 Å². The monoisotopic (exact) mass is 279 g/mol. The van der Waals surface area contributed by atoms with Crippen LogP contribution in [-0.2, 0) is 14.3 Å². The van der Waals surface area contributed by atoms with Crippen molar-refractivity contribution in [2.75, 3.05) is 12.4 Å². The molecule has 0 saturated carbocycles. The molecule has 0 aromatic heterocycles. The maximum Gasteiger partial charge on any atom is 0.306 e. The molecule has 0 saturated heterocycles. The Morgan fingerprint density at radius 3 is 2.65 bits per heavy atom. The van der Waals surface area contributed by atoms with Crippen molar-refractivity contribution >= 4 is 17.6 Å². The quantitative estimate of drug-likeness (QED) is 0.779. The van der Waals surface area contributed by atoms with E-state index >= 15 is 0 Å². The predicted octanol–water partition coefficient (Wildman–Crippen LogP) is 2.76. The molecule has 1 rings (SSSR count). The van der Waals surface area contributed by atoms with E-state index in [1.165, 1.54) is 7.11 Å². The number of methoxy groups -OCH3 is 1. The van der Waals surface area contributed by atoms with Crippen LogP contribution in [0, 0.1) is 0 Å². The molecule has 0 unspecified atom stereocenters. The predicted molar refractivity (Wildman–Crippen MR) is 76.7 cm³/mol. The Balaban J connectivity index is 2.55. The van der Waals surface area contributed by atoms with Gasteiger partial charge in [-0.05, 0) is 25.5 Å². The molecule has 0 heterocycles. The molecule has 5 heteroatoms. The van der Waals surface area contributed by atoms with Crippen molar-refractivity contribution in [3.63, 3.8) is 0 Å². The summed E-state index contributed by atoms with van der Waals surface area (Å²) < 4.78 is 10.2. The van der Waals surface area contributed by atoms with Crippen LogP contribution in [0.1, 0.15) is 33.1 Å². The molecule has 0 aliphatic carbocycles. The summed E-state index contributed by atoms with van der Waals surface area (Å²) in [6.07, 6.45) is 1.18. The van der Waals surface area contributed by atoms with Crippen LogP contribution in [0.3, 0.4) is 0 Å². The van der Waals surface area contributed by atoms with Crippen LogP contribution in [-0.4, -0.2) is 25.1 Å². The second-order valence-electron chi connectivity index (χ2n) is 4.43. The zero-order valence-corrected chi connectivity index (χ0v) is 12.1. The molecule has 1 amide bonds. The Bertz CT molecular complexity index is 459. The number of rotatable bonds is 7. The van der Waals surface area contributed by atoms with Crippen LogP contribution in [0.4, 0.5) is 5.69 Å². The van der Waals surface area contributed by atoms with Gasteiger partial charge in [0, 0.05) is 6.42 Å². The van der Waals surface area contributed by atoms with Gasteiger partial charge in [-0.25, -0.2) is 0 Å². The Hall–Kier alpha value is -2.04. The van der Waals surface area contributed by atoms with Gasteiger partial charge in [0.1, 0.15) is 5.75 Å². The van der Waals surface area contributed by atoms with Gasteiger partial charge in [0.25, 0.3) is 5.91 Å². The topological polar surface area (TPSA) is 64.6 Å². The number of anilines is 1. The smallest absolute Gasteiger partial charge is 0.306 e. The van der Waals surface area contributed by atoms with E-state index in [1.54, 1.807) is 25.1 Å². The highest BCUT2D eigenvalue weighted by molar-refractivity contribution is 5.96. The summed E-state index contributed by atoms with van der Waals surface area (Å²) >= 11 is 0. The Labute approximate surface area is 119 Å². The number of nitrogens with one attached hydrogen (secondary N) is 1. The van der Waals surface area contributed by atoms with Crippen LogP contribution in [0.5, 0.6) is 5.75 Å². The van der Waals surface area contributed by atoms with Crippen molar-refractivity contribution in [2.45, 2.75) is 39.2 Å². The number of ether oxygens (including phenoxy) is 2. The molecular weight excluding hydrogens is 258 g/mol. The van der Waals surface area contributed by atoms with E-state index in [0.717, 1.165) is 12.8 Å². The fourth-order valence-corrected chi connectivity index (χ4v) is 1.61. The molecule has 1 atom stereocenters. The minimum atomic E-state index is -0.829. The number of hydrogen-bond acceptors (Lipinski definition) is 4. The Kier molecular flexibility index (Phi) is 6.56.